The summed E-state index contributed by atoms with van der Waals surface area (Å²) < 4.78 is 11.0. The van der Waals surface area contributed by atoms with Gasteiger partial charge in [-0.05, 0) is 24.3 Å². The second-order valence-corrected chi connectivity index (χ2v) is 8.30. The van der Waals surface area contributed by atoms with Crippen molar-refractivity contribution in [1.82, 2.24) is 0 Å². The third-order valence-corrected chi connectivity index (χ3v) is 5.54. The Balaban J connectivity index is 2.11. The van der Waals surface area contributed by atoms with Gasteiger partial charge in [0.2, 0.25) is 0 Å². The van der Waals surface area contributed by atoms with E-state index in [-0.39, 0.29) is 0 Å². The highest BCUT2D eigenvalue weighted by Crippen LogP contribution is 2.43. The van der Waals surface area contributed by atoms with E-state index >= 15 is 0 Å². The van der Waals surface area contributed by atoms with Crippen molar-refractivity contribution in [3.05, 3.63) is 47.0 Å². The SMILES string of the molecule is COc1cc(N2CC=C(N)c3cc(SC(C)C)c(OC)cc32)ccc1Cl. The summed E-state index contributed by atoms with van der Waals surface area (Å²) in [6, 6.07) is 9.93. The van der Waals surface area contributed by atoms with Gasteiger partial charge in [0.05, 0.1) is 29.8 Å². The van der Waals surface area contributed by atoms with E-state index in [0.717, 1.165) is 33.3 Å². The van der Waals surface area contributed by atoms with E-state index in [1.165, 1.54) is 0 Å². The molecule has 0 amide bonds. The Hall–Kier alpha value is -1.98. The van der Waals surface area contributed by atoms with Crippen LogP contribution in [-0.2, 0) is 0 Å². The molecule has 0 aliphatic carbocycles. The molecular formula is C20H23ClN2O2S. The smallest absolute Gasteiger partial charge is 0.139 e. The molecule has 26 heavy (non-hydrogen) atoms. The lowest BCUT2D eigenvalue weighted by molar-refractivity contribution is 0.405. The summed E-state index contributed by atoms with van der Waals surface area (Å²) in [6.07, 6.45) is 2.03. The summed E-state index contributed by atoms with van der Waals surface area (Å²) in [6.45, 7) is 4.99. The Morgan fingerprint density at radius 3 is 2.50 bits per heavy atom. The highest BCUT2D eigenvalue weighted by molar-refractivity contribution is 8.00. The van der Waals surface area contributed by atoms with E-state index in [9.17, 15) is 0 Å². The van der Waals surface area contributed by atoms with Crippen LogP contribution in [0.4, 0.5) is 11.4 Å². The van der Waals surface area contributed by atoms with Gasteiger partial charge < -0.3 is 20.1 Å². The van der Waals surface area contributed by atoms with Crippen LogP contribution in [0.2, 0.25) is 5.02 Å². The molecule has 1 aliphatic rings. The van der Waals surface area contributed by atoms with E-state index in [1.54, 1.807) is 26.0 Å². The molecule has 2 aromatic rings. The Bertz CT molecular complexity index is 852. The predicted octanol–water partition coefficient (Wildman–Crippen LogP) is 5.31. The van der Waals surface area contributed by atoms with E-state index in [4.69, 9.17) is 26.8 Å². The normalized spacial score (nSPS) is 13.5. The van der Waals surface area contributed by atoms with Gasteiger partial charge in [-0.3, -0.25) is 0 Å². The minimum atomic E-state index is 0.451. The first kappa shape index (κ1) is 18.8. The van der Waals surface area contributed by atoms with E-state index in [2.05, 4.69) is 30.9 Å². The van der Waals surface area contributed by atoms with Crippen molar-refractivity contribution in [3.63, 3.8) is 0 Å². The molecule has 1 aliphatic heterocycles. The number of rotatable bonds is 5. The van der Waals surface area contributed by atoms with Crippen molar-refractivity contribution in [2.75, 3.05) is 25.7 Å². The largest absolute Gasteiger partial charge is 0.496 e. The second-order valence-electron chi connectivity index (χ2n) is 6.28. The Labute approximate surface area is 163 Å². The van der Waals surface area contributed by atoms with Crippen LogP contribution >= 0.6 is 23.4 Å². The fraction of sp³-hybridized carbons (Fsp3) is 0.300. The number of halogens is 1. The molecule has 6 heteroatoms. The molecule has 0 radical (unpaired) electrons. The second kappa shape index (κ2) is 7.72. The van der Waals surface area contributed by atoms with E-state index in [1.807, 2.05) is 24.3 Å². The van der Waals surface area contributed by atoms with Crippen molar-refractivity contribution in [2.45, 2.75) is 24.0 Å². The van der Waals surface area contributed by atoms with E-state index < -0.39 is 0 Å². The van der Waals surface area contributed by atoms with Crippen LogP contribution in [0.25, 0.3) is 5.70 Å². The van der Waals surface area contributed by atoms with Gasteiger partial charge in [-0.2, -0.15) is 0 Å². The summed E-state index contributed by atoms with van der Waals surface area (Å²) in [5, 5.41) is 1.04. The zero-order chi connectivity index (χ0) is 18.8. The lowest BCUT2D eigenvalue weighted by Crippen LogP contribution is -2.24. The van der Waals surface area contributed by atoms with Crippen LogP contribution in [-0.4, -0.2) is 26.0 Å². The maximum absolute atomic E-state index is 6.30. The zero-order valence-corrected chi connectivity index (χ0v) is 16.9. The number of fused-ring (bicyclic) bond motifs is 1. The van der Waals surface area contributed by atoms with Crippen molar-refractivity contribution in [2.24, 2.45) is 5.73 Å². The number of methoxy groups -OCH3 is 2. The lowest BCUT2D eigenvalue weighted by atomic mass is 10.0. The number of ether oxygens (including phenoxy) is 2. The van der Waals surface area contributed by atoms with Crippen LogP contribution in [0.1, 0.15) is 19.4 Å². The number of thioether (sulfide) groups is 1. The molecule has 0 aromatic heterocycles. The minimum absolute atomic E-state index is 0.451. The minimum Gasteiger partial charge on any atom is -0.496 e. The van der Waals surface area contributed by atoms with Crippen LogP contribution in [0.15, 0.2) is 41.3 Å². The average Bonchev–Trinajstić information content (AvgIpc) is 2.62. The molecule has 0 bridgehead atoms. The molecule has 0 unspecified atom stereocenters. The van der Waals surface area contributed by atoms with Crippen molar-refractivity contribution >= 4 is 40.4 Å². The summed E-state index contributed by atoms with van der Waals surface area (Å²) in [4.78, 5) is 3.27. The zero-order valence-electron chi connectivity index (χ0n) is 15.4. The quantitative estimate of drug-likeness (QED) is 0.701. The molecule has 0 fully saturated rings. The lowest BCUT2D eigenvalue weighted by Gasteiger charge is -2.31. The van der Waals surface area contributed by atoms with Crippen LogP contribution < -0.4 is 20.1 Å². The molecule has 0 spiro atoms. The number of hydrogen-bond donors (Lipinski definition) is 1. The van der Waals surface area contributed by atoms with Gasteiger partial charge in [0.25, 0.3) is 0 Å². The third-order valence-electron chi connectivity index (χ3n) is 4.19. The summed E-state index contributed by atoms with van der Waals surface area (Å²) >= 11 is 7.94. The number of anilines is 2. The standard InChI is InChI=1S/C20H23ClN2O2S/c1-12(2)26-20-10-14-16(22)7-8-23(17(14)11-19(20)25-4)13-5-6-15(21)18(9-13)24-3/h5-7,9-12H,8,22H2,1-4H3. The number of benzene rings is 2. The fourth-order valence-electron chi connectivity index (χ4n) is 2.97. The molecule has 0 saturated heterocycles. The topological polar surface area (TPSA) is 47.7 Å². The molecular weight excluding hydrogens is 368 g/mol. The number of nitrogens with zero attached hydrogens (tertiary/aromatic N) is 1. The molecule has 3 rings (SSSR count). The van der Waals surface area contributed by atoms with Gasteiger partial charge in [0.15, 0.2) is 0 Å². The van der Waals surface area contributed by atoms with E-state index in [0.29, 0.717) is 22.6 Å². The van der Waals surface area contributed by atoms with Gasteiger partial charge in [-0.1, -0.05) is 25.4 Å². The number of nitrogens with two attached hydrogens (primary N) is 1. The molecule has 0 saturated carbocycles. The van der Waals surface area contributed by atoms with Gasteiger partial charge in [0.1, 0.15) is 11.5 Å². The highest BCUT2D eigenvalue weighted by Gasteiger charge is 2.23. The molecule has 138 valence electrons. The summed E-state index contributed by atoms with van der Waals surface area (Å²) in [5.41, 5.74) is 10.1. The van der Waals surface area contributed by atoms with Gasteiger partial charge in [-0.15, -0.1) is 11.8 Å². The molecule has 0 atom stereocenters. The van der Waals surface area contributed by atoms with Gasteiger partial charge >= 0.3 is 0 Å². The van der Waals surface area contributed by atoms with Gasteiger partial charge in [-0.25, -0.2) is 0 Å². The molecule has 4 nitrogen and oxygen atoms in total. The summed E-state index contributed by atoms with van der Waals surface area (Å²) in [5.74, 6) is 1.50. The molecule has 2 aromatic carbocycles. The maximum Gasteiger partial charge on any atom is 0.139 e. The Kier molecular flexibility index (Phi) is 5.58. The van der Waals surface area contributed by atoms with Gasteiger partial charge in [0, 0.05) is 40.9 Å². The average molecular weight is 391 g/mol. The monoisotopic (exact) mass is 390 g/mol. The van der Waals surface area contributed by atoms with Crippen LogP contribution in [0, 0.1) is 0 Å². The Morgan fingerprint density at radius 2 is 1.85 bits per heavy atom. The third kappa shape index (κ3) is 3.60. The first-order chi connectivity index (χ1) is 12.4. The maximum atomic E-state index is 6.30. The van der Waals surface area contributed by atoms with Crippen LogP contribution in [0.5, 0.6) is 11.5 Å². The summed E-state index contributed by atoms with van der Waals surface area (Å²) in [7, 11) is 3.31. The number of hydrogen-bond acceptors (Lipinski definition) is 5. The molecule has 2 N–H and O–H groups in total. The highest BCUT2D eigenvalue weighted by atomic mass is 35.5. The Morgan fingerprint density at radius 1 is 1.12 bits per heavy atom. The van der Waals surface area contributed by atoms with Crippen molar-refractivity contribution in [3.8, 4) is 11.5 Å². The fourth-order valence-corrected chi connectivity index (χ4v) is 4.11. The predicted molar refractivity (Wildman–Crippen MR) is 111 cm³/mol. The van der Waals surface area contributed by atoms with Crippen molar-refractivity contribution < 1.29 is 9.47 Å². The van der Waals surface area contributed by atoms with Crippen LogP contribution in [0.3, 0.4) is 0 Å². The van der Waals surface area contributed by atoms with Crippen molar-refractivity contribution in [1.29, 1.82) is 0 Å². The molecule has 1 heterocycles. The first-order valence-electron chi connectivity index (χ1n) is 8.40. The first-order valence-corrected chi connectivity index (χ1v) is 9.66.